The van der Waals surface area contributed by atoms with Crippen LogP contribution in [-0.4, -0.2) is 18.0 Å². The molecule has 1 aromatic carbocycles. The van der Waals surface area contributed by atoms with Crippen LogP contribution >= 0.6 is 0 Å². The van der Waals surface area contributed by atoms with E-state index in [0.717, 1.165) is 12.1 Å². The number of benzene rings is 1. The first-order valence-corrected chi connectivity index (χ1v) is 4.99. The fourth-order valence-corrected chi connectivity index (χ4v) is 1.39. The maximum Gasteiger partial charge on any atom is 0.140 e. The van der Waals surface area contributed by atoms with Crippen LogP contribution in [0.2, 0.25) is 0 Å². The van der Waals surface area contributed by atoms with Crippen LogP contribution in [0.1, 0.15) is 18.1 Å². The van der Waals surface area contributed by atoms with E-state index in [1.165, 1.54) is 12.1 Å². The predicted molar refractivity (Wildman–Crippen MR) is 57.7 cm³/mol. The van der Waals surface area contributed by atoms with Gasteiger partial charge in [0.25, 0.3) is 0 Å². The Kier molecular flexibility index (Phi) is 4.44. The molecule has 1 rings (SSSR count). The zero-order valence-corrected chi connectivity index (χ0v) is 9.07. The molecular weight excluding hydrogens is 205 g/mol. The molecule has 0 atom stereocenters. The average molecular weight is 217 g/mol. The number of rotatable bonds is 4. The van der Waals surface area contributed by atoms with E-state index in [-0.39, 0.29) is 5.56 Å². The van der Waals surface area contributed by atoms with Crippen LogP contribution in [0.15, 0.2) is 18.2 Å². The van der Waals surface area contributed by atoms with Crippen molar-refractivity contribution in [2.24, 2.45) is 0 Å². The van der Waals surface area contributed by atoms with Crippen LogP contribution in [0.4, 0.5) is 4.39 Å². The SMILES string of the molecule is CCN(CC#N)Cc1ccc(F)c(C#N)c1. The highest BCUT2D eigenvalue weighted by Crippen LogP contribution is 2.11. The largest absolute Gasteiger partial charge is 0.287 e. The molecule has 0 bridgehead atoms. The highest BCUT2D eigenvalue weighted by Gasteiger charge is 2.06. The molecule has 3 nitrogen and oxygen atoms in total. The molecule has 0 spiro atoms. The molecule has 0 saturated carbocycles. The highest BCUT2D eigenvalue weighted by molar-refractivity contribution is 5.34. The molecule has 0 fully saturated rings. The lowest BCUT2D eigenvalue weighted by molar-refractivity contribution is 0.314. The second-order valence-corrected chi connectivity index (χ2v) is 3.39. The summed E-state index contributed by atoms with van der Waals surface area (Å²) in [7, 11) is 0. The minimum atomic E-state index is -0.505. The maximum absolute atomic E-state index is 13.0. The molecule has 0 radical (unpaired) electrons. The van der Waals surface area contributed by atoms with Gasteiger partial charge in [-0.1, -0.05) is 13.0 Å². The Balaban J connectivity index is 2.82. The lowest BCUT2D eigenvalue weighted by Crippen LogP contribution is -2.23. The normalized spacial score (nSPS) is 9.81. The zero-order chi connectivity index (χ0) is 12.0. The number of nitriles is 2. The number of hydrogen-bond acceptors (Lipinski definition) is 3. The Morgan fingerprint density at radius 1 is 1.38 bits per heavy atom. The van der Waals surface area contributed by atoms with Crippen LogP contribution < -0.4 is 0 Å². The van der Waals surface area contributed by atoms with Crippen LogP contribution in [-0.2, 0) is 6.54 Å². The first kappa shape index (κ1) is 12.2. The second kappa shape index (κ2) is 5.85. The maximum atomic E-state index is 13.0. The minimum Gasteiger partial charge on any atom is -0.287 e. The molecule has 0 aliphatic carbocycles. The van der Waals surface area contributed by atoms with Gasteiger partial charge in [-0.25, -0.2) is 4.39 Å². The summed E-state index contributed by atoms with van der Waals surface area (Å²) >= 11 is 0. The van der Waals surface area contributed by atoms with Crippen molar-refractivity contribution in [2.75, 3.05) is 13.1 Å². The summed E-state index contributed by atoms with van der Waals surface area (Å²) < 4.78 is 13.0. The van der Waals surface area contributed by atoms with E-state index in [9.17, 15) is 4.39 Å². The molecule has 0 saturated heterocycles. The van der Waals surface area contributed by atoms with Gasteiger partial charge in [0.05, 0.1) is 18.2 Å². The lowest BCUT2D eigenvalue weighted by Gasteiger charge is -2.16. The zero-order valence-electron chi connectivity index (χ0n) is 9.07. The van der Waals surface area contributed by atoms with Gasteiger partial charge in [0.1, 0.15) is 11.9 Å². The van der Waals surface area contributed by atoms with Crippen molar-refractivity contribution < 1.29 is 4.39 Å². The van der Waals surface area contributed by atoms with Crippen LogP contribution in [0.25, 0.3) is 0 Å². The average Bonchev–Trinajstić information content (AvgIpc) is 2.30. The van der Waals surface area contributed by atoms with Crippen molar-refractivity contribution in [3.8, 4) is 12.1 Å². The minimum absolute atomic E-state index is 0.0468. The Morgan fingerprint density at radius 3 is 2.69 bits per heavy atom. The Labute approximate surface area is 94.3 Å². The molecule has 0 aromatic heterocycles. The molecule has 0 N–H and O–H groups in total. The Bertz CT molecular complexity index is 443. The van der Waals surface area contributed by atoms with E-state index in [4.69, 9.17) is 10.5 Å². The topological polar surface area (TPSA) is 50.8 Å². The van der Waals surface area contributed by atoms with Crippen molar-refractivity contribution in [1.82, 2.24) is 4.90 Å². The van der Waals surface area contributed by atoms with E-state index in [1.54, 1.807) is 12.1 Å². The summed E-state index contributed by atoms with van der Waals surface area (Å²) in [6.45, 7) is 3.58. The summed E-state index contributed by atoms with van der Waals surface area (Å²) in [4.78, 5) is 1.91. The summed E-state index contributed by atoms with van der Waals surface area (Å²) in [6.07, 6.45) is 0. The van der Waals surface area contributed by atoms with Crippen LogP contribution in [0.5, 0.6) is 0 Å². The van der Waals surface area contributed by atoms with Gasteiger partial charge in [0, 0.05) is 6.54 Å². The van der Waals surface area contributed by atoms with Crippen molar-refractivity contribution >= 4 is 0 Å². The first-order valence-electron chi connectivity index (χ1n) is 4.99. The van der Waals surface area contributed by atoms with Crippen LogP contribution in [0.3, 0.4) is 0 Å². The van der Waals surface area contributed by atoms with Crippen molar-refractivity contribution in [3.05, 3.63) is 35.1 Å². The van der Waals surface area contributed by atoms with E-state index < -0.39 is 5.82 Å². The summed E-state index contributed by atoms with van der Waals surface area (Å²) in [5, 5.41) is 17.3. The second-order valence-electron chi connectivity index (χ2n) is 3.39. The summed E-state index contributed by atoms with van der Waals surface area (Å²) in [5.41, 5.74) is 0.889. The molecule has 82 valence electrons. The van der Waals surface area contributed by atoms with E-state index in [0.29, 0.717) is 13.1 Å². The predicted octanol–water partition coefficient (Wildman–Crippen LogP) is 2.04. The number of hydrogen-bond donors (Lipinski definition) is 0. The lowest BCUT2D eigenvalue weighted by atomic mass is 10.1. The molecule has 4 heteroatoms. The van der Waals surface area contributed by atoms with E-state index in [1.807, 2.05) is 11.8 Å². The molecule has 0 amide bonds. The van der Waals surface area contributed by atoms with Crippen molar-refractivity contribution in [2.45, 2.75) is 13.5 Å². The third kappa shape index (κ3) is 3.05. The molecular formula is C12H12FN3. The Hall–Kier alpha value is -1.91. The molecule has 0 aliphatic heterocycles. The van der Waals surface area contributed by atoms with Crippen molar-refractivity contribution in [3.63, 3.8) is 0 Å². The monoisotopic (exact) mass is 217 g/mol. The van der Waals surface area contributed by atoms with Gasteiger partial charge < -0.3 is 0 Å². The van der Waals surface area contributed by atoms with Gasteiger partial charge in [-0.2, -0.15) is 10.5 Å². The number of halogens is 1. The van der Waals surface area contributed by atoms with Gasteiger partial charge in [-0.05, 0) is 24.2 Å². The van der Waals surface area contributed by atoms with Gasteiger partial charge >= 0.3 is 0 Å². The van der Waals surface area contributed by atoms with Crippen LogP contribution in [0, 0.1) is 28.5 Å². The third-order valence-electron chi connectivity index (χ3n) is 2.30. The summed E-state index contributed by atoms with van der Waals surface area (Å²) in [6, 6.07) is 8.31. The van der Waals surface area contributed by atoms with Gasteiger partial charge in [0.2, 0.25) is 0 Å². The molecule has 0 unspecified atom stereocenters. The quantitative estimate of drug-likeness (QED) is 0.725. The van der Waals surface area contributed by atoms with Gasteiger partial charge in [0.15, 0.2) is 0 Å². The van der Waals surface area contributed by atoms with Crippen molar-refractivity contribution in [1.29, 1.82) is 10.5 Å². The molecule has 16 heavy (non-hydrogen) atoms. The smallest absolute Gasteiger partial charge is 0.140 e. The Morgan fingerprint density at radius 2 is 2.12 bits per heavy atom. The fraction of sp³-hybridized carbons (Fsp3) is 0.333. The van der Waals surface area contributed by atoms with E-state index >= 15 is 0 Å². The van der Waals surface area contributed by atoms with Gasteiger partial charge in [-0.15, -0.1) is 0 Å². The van der Waals surface area contributed by atoms with Gasteiger partial charge in [-0.3, -0.25) is 4.90 Å². The highest BCUT2D eigenvalue weighted by atomic mass is 19.1. The molecule has 0 aliphatic rings. The summed E-state index contributed by atoms with van der Waals surface area (Å²) in [5.74, 6) is -0.505. The third-order valence-corrected chi connectivity index (χ3v) is 2.30. The van der Waals surface area contributed by atoms with E-state index in [2.05, 4.69) is 6.07 Å². The fourth-order valence-electron chi connectivity index (χ4n) is 1.39. The molecule has 0 heterocycles. The first-order chi connectivity index (χ1) is 7.71. The number of nitrogens with zero attached hydrogens (tertiary/aromatic N) is 3. The molecule has 1 aromatic rings. The standard InChI is InChI=1S/C12H12FN3/c1-2-16(6-5-14)9-10-3-4-12(13)11(7-10)8-15/h3-4,7H,2,6,9H2,1H3.